The SMILES string of the molecule is CC(=O)CN.CCCCCCC(C)B(O)O. The number of ketones is 1. The third-order valence-corrected chi connectivity index (χ3v) is 2.31. The van der Waals surface area contributed by atoms with Crippen LogP contribution in [0.3, 0.4) is 0 Å². The maximum Gasteiger partial charge on any atom is 0.454 e. The highest BCUT2D eigenvalue weighted by atomic mass is 16.4. The molecular formula is C11H26BNO3. The molecule has 0 bridgehead atoms. The van der Waals surface area contributed by atoms with Crippen LogP contribution in [0.5, 0.6) is 0 Å². The Morgan fingerprint density at radius 2 is 1.81 bits per heavy atom. The van der Waals surface area contributed by atoms with Gasteiger partial charge in [-0.1, -0.05) is 46.0 Å². The highest BCUT2D eigenvalue weighted by Gasteiger charge is 2.16. The van der Waals surface area contributed by atoms with E-state index >= 15 is 0 Å². The molecule has 1 atom stereocenters. The van der Waals surface area contributed by atoms with Gasteiger partial charge in [0.05, 0.1) is 6.54 Å². The second-order valence-corrected chi connectivity index (χ2v) is 4.15. The topological polar surface area (TPSA) is 83.6 Å². The van der Waals surface area contributed by atoms with Crippen LogP contribution in [0.4, 0.5) is 0 Å². The summed E-state index contributed by atoms with van der Waals surface area (Å²) in [7, 11) is -1.13. The normalized spacial score (nSPS) is 11.4. The van der Waals surface area contributed by atoms with E-state index in [1.807, 2.05) is 6.92 Å². The fourth-order valence-electron chi connectivity index (χ4n) is 1.04. The minimum Gasteiger partial charge on any atom is -0.427 e. The van der Waals surface area contributed by atoms with Gasteiger partial charge < -0.3 is 15.8 Å². The van der Waals surface area contributed by atoms with E-state index in [9.17, 15) is 4.79 Å². The molecule has 4 N–H and O–H groups in total. The Balaban J connectivity index is 0. The number of Topliss-reactive ketones (excluding diaryl/α,β-unsaturated/α-hetero) is 1. The Kier molecular flexibility index (Phi) is 14.3. The van der Waals surface area contributed by atoms with Gasteiger partial charge in [0.25, 0.3) is 0 Å². The highest BCUT2D eigenvalue weighted by molar-refractivity contribution is 6.42. The van der Waals surface area contributed by atoms with Gasteiger partial charge in [-0.05, 0) is 12.7 Å². The summed E-state index contributed by atoms with van der Waals surface area (Å²) in [6, 6.07) is 0. The summed E-state index contributed by atoms with van der Waals surface area (Å²) in [5.74, 6) is 0.0665. The Morgan fingerprint density at radius 1 is 1.31 bits per heavy atom. The number of hydrogen-bond donors (Lipinski definition) is 3. The number of carbonyl (C=O) groups is 1. The van der Waals surface area contributed by atoms with Crippen LogP contribution in [0.2, 0.25) is 5.82 Å². The largest absolute Gasteiger partial charge is 0.454 e. The number of unbranched alkanes of at least 4 members (excludes halogenated alkanes) is 3. The molecular weight excluding hydrogens is 205 g/mol. The lowest BCUT2D eigenvalue weighted by atomic mass is 9.71. The predicted molar refractivity (Wildman–Crippen MR) is 68.1 cm³/mol. The number of rotatable bonds is 7. The molecule has 0 rings (SSSR count). The number of hydrogen-bond acceptors (Lipinski definition) is 4. The smallest absolute Gasteiger partial charge is 0.427 e. The fourth-order valence-corrected chi connectivity index (χ4v) is 1.04. The van der Waals surface area contributed by atoms with Crippen molar-refractivity contribution in [2.45, 2.75) is 58.7 Å². The molecule has 0 aliphatic rings. The van der Waals surface area contributed by atoms with Gasteiger partial charge in [-0.25, -0.2) is 0 Å². The van der Waals surface area contributed by atoms with E-state index in [2.05, 4.69) is 6.92 Å². The van der Waals surface area contributed by atoms with Crippen LogP contribution in [0, 0.1) is 0 Å². The maximum atomic E-state index is 9.69. The molecule has 4 nitrogen and oxygen atoms in total. The Bertz CT molecular complexity index is 165. The van der Waals surface area contributed by atoms with Gasteiger partial charge in [0.2, 0.25) is 0 Å². The number of carbonyl (C=O) groups excluding carboxylic acids is 1. The summed E-state index contributed by atoms with van der Waals surface area (Å²) >= 11 is 0. The van der Waals surface area contributed by atoms with Crippen molar-refractivity contribution in [2.75, 3.05) is 6.54 Å². The lowest BCUT2D eigenvalue weighted by Crippen LogP contribution is -2.17. The molecule has 5 heteroatoms. The summed E-state index contributed by atoms with van der Waals surface area (Å²) in [6.07, 6.45) is 5.75. The molecule has 0 aliphatic carbocycles. The van der Waals surface area contributed by atoms with Crippen molar-refractivity contribution in [3.05, 3.63) is 0 Å². The molecule has 0 aromatic carbocycles. The van der Waals surface area contributed by atoms with Crippen molar-refractivity contribution in [1.29, 1.82) is 0 Å². The van der Waals surface area contributed by atoms with Crippen molar-refractivity contribution in [2.24, 2.45) is 5.73 Å². The van der Waals surface area contributed by atoms with E-state index in [1.165, 1.54) is 26.2 Å². The molecule has 0 aromatic heterocycles. The lowest BCUT2D eigenvalue weighted by Gasteiger charge is -2.08. The summed E-state index contributed by atoms with van der Waals surface area (Å²) in [4.78, 5) is 9.69. The second kappa shape index (κ2) is 12.7. The number of nitrogens with two attached hydrogens (primary N) is 1. The van der Waals surface area contributed by atoms with Crippen LogP contribution in [0.15, 0.2) is 0 Å². The third-order valence-electron chi connectivity index (χ3n) is 2.31. The van der Waals surface area contributed by atoms with E-state index in [1.54, 1.807) is 0 Å². The van der Waals surface area contributed by atoms with Crippen LogP contribution in [0.1, 0.15) is 52.9 Å². The van der Waals surface area contributed by atoms with Crippen LogP contribution in [-0.4, -0.2) is 29.5 Å². The Hall–Kier alpha value is -0.385. The molecule has 0 saturated carbocycles. The van der Waals surface area contributed by atoms with Gasteiger partial charge in [-0.3, -0.25) is 4.79 Å². The maximum absolute atomic E-state index is 9.69. The van der Waals surface area contributed by atoms with Gasteiger partial charge in [0, 0.05) is 0 Å². The van der Waals surface area contributed by atoms with E-state index in [0.29, 0.717) is 0 Å². The molecule has 0 aromatic rings. The summed E-state index contributed by atoms with van der Waals surface area (Å²) in [6.45, 7) is 5.67. The van der Waals surface area contributed by atoms with Crippen molar-refractivity contribution >= 4 is 12.9 Å². The zero-order valence-electron chi connectivity index (χ0n) is 10.8. The van der Waals surface area contributed by atoms with E-state index in [4.69, 9.17) is 15.8 Å². The average Bonchev–Trinajstić information content (AvgIpc) is 2.24. The zero-order chi connectivity index (χ0) is 13.0. The molecule has 96 valence electrons. The zero-order valence-corrected chi connectivity index (χ0v) is 10.8. The minimum atomic E-state index is -1.13. The average molecular weight is 231 g/mol. The molecule has 0 radical (unpaired) electrons. The van der Waals surface area contributed by atoms with Crippen LogP contribution < -0.4 is 5.73 Å². The molecule has 0 spiro atoms. The predicted octanol–water partition coefficient (Wildman–Crippen LogP) is 1.35. The Labute approximate surface area is 99.4 Å². The first kappa shape index (κ1) is 18.0. The highest BCUT2D eigenvalue weighted by Crippen LogP contribution is 2.15. The monoisotopic (exact) mass is 231 g/mol. The second-order valence-electron chi connectivity index (χ2n) is 4.15. The molecule has 1 unspecified atom stereocenters. The van der Waals surface area contributed by atoms with Crippen molar-refractivity contribution < 1.29 is 14.8 Å². The third kappa shape index (κ3) is 16.1. The fraction of sp³-hybridized carbons (Fsp3) is 0.909. The van der Waals surface area contributed by atoms with Crippen LogP contribution in [0.25, 0.3) is 0 Å². The standard InChI is InChI=1S/C8H19BO2.C3H7NO/c1-3-4-5-6-7-8(2)9(10)11;1-3(5)2-4/h8,10-11H,3-7H2,1-2H3;2,4H2,1H3. The first-order valence-corrected chi connectivity index (χ1v) is 6.01. The summed E-state index contributed by atoms with van der Waals surface area (Å²) in [5.41, 5.74) is 4.82. The van der Waals surface area contributed by atoms with Crippen molar-refractivity contribution in [1.82, 2.24) is 0 Å². The summed E-state index contributed by atoms with van der Waals surface area (Å²) in [5, 5.41) is 17.5. The van der Waals surface area contributed by atoms with E-state index in [0.717, 1.165) is 12.8 Å². The van der Waals surface area contributed by atoms with Crippen molar-refractivity contribution in [3.8, 4) is 0 Å². The lowest BCUT2D eigenvalue weighted by molar-refractivity contribution is -0.115. The molecule has 0 amide bonds. The van der Waals surface area contributed by atoms with Gasteiger partial charge in [0.15, 0.2) is 0 Å². The van der Waals surface area contributed by atoms with Gasteiger partial charge in [0.1, 0.15) is 5.78 Å². The quantitative estimate of drug-likeness (QED) is 0.456. The van der Waals surface area contributed by atoms with Crippen molar-refractivity contribution in [3.63, 3.8) is 0 Å². The molecule has 0 saturated heterocycles. The van der Waals surface area contributed by atoms with Crippen LogP contribution >= 0.6 is 0 Å². The van der Waals surface area contributed by atoms with E-state index < -0.39 is 7.12 Å². The van der Waals surface area contributed by atoms with E-state index in [-0.39, 0.29) is 18.1 Å². The molecule has 16 heavy (non-hydrogen) atoms. The Morgan fingerprint density at radius 3 is 2.12 bits per heavy atom. The molecule has 0 heterocycles. The van der Waals surface area contributed by atoms with Gasteiger partial charge >= 0.3 is 7.12 Å². The first-order chi connectivity index (χ1) is 7.45. The van der Waals surface area contributed by atoms with Gasteiger partial charge in [-0.2, -0.15) is 0 Å². The first-order valence-electron chi connectivity index (χ1n) is 6.01. The molecule has 0 fully saturated rings. The minimum absolute atomic E-state index is 0.0324. The summed E-state index contributed by atoms with van der Waals surface area (Å²) < 4.78 is 0. The van der Waals surface area contributed by atoms with Gasteiger partial charge in [-0.15, -0.1) is 0 Å². The molecule has 0 aliphatic heterocycles. The van der Waals surface area contributed by atoms with Crippen LogP contribution in [-0.2, 0) is 4.79 Å².